The van der Waals surface area contributed by atoms with Crippen molar-refractivity contribution in [3.63, 3.8) is 0 Å². The molecule has 5 nitrogen and oxygen atoms in total. The van der Waals surface area contributed by atoms with Crippen LogP contribution in [0.2, 0.25) is 0 Å². The summed E-state index contributed by atoms with van der Waals surface area (Å²) in [6.45, 7) is 8.12. The van der Waals surface area contributed by atoms with Crippen molar-refractivity contribution < 1.29 is 4.74 Å². The van der Waals surface area contributed by atoms with E-state index >= 15 is 0 Å². The van der Waals surface area contributed by atoms with Crippen molar-refractivity contribution >= 4 is 17.3 Å². The van der Waals surface area contributed by atoms with Gasteiger partial charge in [0.15, 0.2) is 5.96 Å². The molecule has 3 heterocycles. The molecule has 1 N–H and O–H groups in total. The molecule has 2 saturated heterocycles. The van der Waals surface area contributed by atoms with Crippen LogP contribution in [0.25, 0.3) is 0 Å². The average Bonchev–Trinajstić information content (AvgIpc) is 3.25. The first kappa shape index (κ1) is 16.7. The van der Waals surface area contributed by atoms with Gasteiger partial charge >= 0.3 is 0 Å². The number of nitrogens with one attached hydrogen (secondary N) is 1. The third kappa shape index (κ3) is 4.25. The van der Waals surface area contributed by atoms with Gasteiger partial charge in [-0.2, -0.15) is 0 Å². The van der Waals surface area contributed by atoms with E-state index in [-0.39, 0.29) is 0 Å². The summed E-state index contributed by atoms with van der Waals surface area (Å²) in [5, 5.41) is 5.78. The molecule has 3 rings (SSSR count). The summed E-state index contributed by atoms with van der Waals surface area (Å²) < 4.78 is 5.71. The topological polar surface area (TPSA) is 40.1 Å². The molecule has 0 amide bonds. The lowest BCUT2D eigenvalue weighted by atomic mass is 10.1. The lowest BCUT2D eigenvalue weighted by molar-refractivity contribution is -0.0334. The third-order valence-corrected chi connectivity index (χ3v) is 5.63. The fraction of sp³-hybridized carbons (Fsp3) is 0.706. The van der Waals surface area contributed by atoms with Gasteiger partial charge in [0.05, 0.1) is 18.8 Å². The van der Waals surface area contributed by atoms with Gasteiger partial charge < -0.3 is 15.0 Å². The maximum absolute atomic E-state index is 5.71. The Labute approximate surface area is 143 Å². The van der Waals surface area contributed by atoms with Crippen LogP contribution in [-0.2, 0) is 4.74 Å². The highest BCUT2D eigenvalue weighted by molar-refractivity contribution is 7.10. The van der Waals surface area contributed by atoms with E-state index in [0.717, 1.165) is 45.3 Å². The SMILES string of the molecule is CN=C(NCC(c1cccs1)N1CCOC(C)C1)N1CCCC1. The predicted octanol–water partition coefficient (Wildman–Crippen LogP) is 2.18. The molecule has 0 aliphatic carbocycles. The monoisotopic (exact) mass is 336 g/mol. The van der Waals surface area contributed by atoms with Gasteiger partial charge in [0.25, 0.3) is 0 Å². The van der Waals surface area contributed by atoms with Crippen LogP contribution in [0.15, 0.2) is 22.5 Å². The van der Waals surface area contributed by atoms with Crippen molar-refractivity contribution in [2.45, 2.75) is 31.9 Å². The van der Waals surface area contributed by atoms with Gasteiger partial charge in [0.1, 0.15) is 0 Å². The number of thiophene rings is 1. The molecule has 0 saturated carbocycles. The molecule has 1 aromatic heterocycles. The summed E-state index contributed by atoms with van der Waals surface area (Å²) in [7, 11) is 1.89. The fourth-order valence-corrected chi connectivity index (χ4v) is 4.33. The molecule has 2 aliphatic rings. The fourth-order valence-electron chi connectivity index (χ4n) is 3.47. The summed E-state index contributed by atoms with van der Waals surface area (Å²) in [5.74, 6) is 1.05. The van der Waals surface area contributed by atoms with Crippen molar-refractivity contribution in [1.82, 2.24) is 15.1 Å². The van der Waals surface area contributed by atoms with E-state index in [2.05, 4.69) is 44.5 Å². The van der Waals surface area contributed by atoms with E-state index in [4.69, 9.17) is 4.74 Å². The minimum atomic E-state index is 0.309. The number of ether oxygens (including phenoxy) is 1. The van der Waals surface area contributed by atoms with Crippen LogP contribution >= 0.6 is 11.3 Å². The Morgan fingerprint density at radius 1 is 1.43 bits per heavy atom. The quantitative estimate of drug-likeness (QED) is 0.676. The summed E-state index contributed by atoms with van der Waals surface area (Å²) in [6, 6.07) is 4.78. The summed E-state index contributed by atoms with van der Waals surface area (Å²) >= 11 is 1.84. The molecule has 2 unspecified atom stereocenters. The van der Waals surface area contributed by atoms with Gasteiger partial charge in [-0.1, -0.05) is 6.07 Å². The minimum Gasteiger partial charge on any atom is -0.376 e. The molecular weight excluding hydrogens is 308 g/mol. The number of likely N-dealkylation sites (tertiary alicyclic amines) is 1. The number of rotatable bonds is 4. The molecule has 0 bridgehead atoms. The normalized spacial score (nSPS) is 24.9. The Bertz CT molecular complexity index is 499. The Morgan fingerprint density at radius 2 is 2.26 bits per heavy atom. The molecule has 0 spiro atoms. The standard InChI is InChI=1S/C17H28N4OS/c1-14-13-21(9-10-22-14)15(16-6-5-11-23-16)12-19-17(18-2)20-7-3-4-8-20/h5-6,11,14-15H,3-4,7-10,12-13H2,1-2H3,(H,18,19). The zero-order chi connectivity index (χ0) is 16.1. The highest BCUT2D eigenvalue weighted by atomic mass is 32.1. The Hall–Kier alpha value is -1.11. The van der Waals surface area contributed by atoms with Crippen molar-refractivity contribution in [3.8, 4) is 0 Å². The van der Waals surface area contributed by atoms with E-state index in [1.807, 2.05) is 18.4 Å². The molecule has 0 radical (unpaired) electrons. The van der Waals surface area contributed by atoms with Gasteiger partial charge in [0.2, 0.25) is 0 Å². The largest absolute Gasteiger partial charge is 0.376 e. The van der Waals surface area contributed by atoms with Crippen LogP contribution in [0.1, 0.15) is 30.7 Å². The summed E-state index contributed by atoms with van der Waals surface area (Å²) in [6.07, 6.45) is 2.86. The molecule has 2 aliphatic heterocycles. The van der Waals surface area contributed by atoms with E-state index in [1.165, 1.54) is 17.7 Å². The number of hydrogen-bond acceptors (Lipinski definition) is 4. The highest BCUT2D eigenvalue weighted by Gasteiger charge is 2.27. The number of aliphatic imine (C=N–C) groups is 1. The first-order valence-electron chi connectivity index (χ1n) is 8.62. The van der Waals surface area contributed by atoms with Crippen LogP contribution in [0.5, 0.6) is 0 Å². The van der Waals surface area contributed by atoms with Gasteiger partial charge in [-0.15, -0.1) is 11.3 Å². The van der Waals surface area contributed by atoms with Crippen molar-refractivity contribution in [1.29, 1.82) is 0 Å². The number of guanidine groups is 1. The summed E-state index contributed by atoms with van der Waals surface area (Å²) in [5.41, 5.74) is 0. The second-order valence-corrected chi connectivity index (χ2v) is 7.31. The first-order chi connectivity index (χ1) is 11.3. The number of hydrogen-bond donors (Lipinski definition) is 1. The van der Waals surface area contributed by atoms with E-state index in [9.17, 15) is 0 Å². The molecule has 6 heteroatoms. The van der Waals surface area contributed by atoms with Crippen LogP contribution in [0.3, 0.4) is 0 Å². The zero-order valence-electron chi connectivity index (χ0n) is 14.2. The summed E-state index contributed by atoms with van der Waals surface area (Å²) in [4.78, 5) is 10.8. The minimum absolute atomic E-state index is 0.309. The lowest BCUT2D eigenvalue weighted by Crippen LogP contribution is -2.48. The van der Waals surface area contributed by atoms with Crippen LogP contribution in [-0.4, -0.2) is 68.2 Å². The van der Waals surface area contributed by atoms with Crippen molar-refractivity contribution in [2.24, 2.45) is 4.99 Å². The third-order valence-electron chi connectivity index (χ3n) is 4.66. The number of nitrogens with zero attached hydrogens (tertiary/aromatic N) is 3. The van der Waals surface area contributed by atoms with Crippen LogP contribution in [0, 0.1) is 0 Å². The average molecular weight is 337 g/mol. The maximum Gasteiger partial charge on any atom is 0.193 e. The smallest absolute Gasteiger partial charge is 0.193 e. The predicted molar refractivity (Wildman–Crippen MR) is 96.2 cm³/mol. The van der Waals surface area contributed by atoms with E-state index in [0.29, 0.717) is 12.1 Å². The molecular formula is C17H28N4OS. The second-order valence-electron chi connectivity index (χ2n) is 6.33. The second kappa shape index (κ2) is 8.13. The molecule has 2 fully saturated rings. The van der Waals surface area contributed by atoms with Crippen molar-refractivity contribution in [2.75, 3.05) is 46.4 Å². The van der Waals surface area contributed by atoms with Crippen LogP contribution in [0.4, 0.5) is 0 Å². The van der Waals surface area contributed by atoms with Gasteiger partial charge in [-0.05, 0) is 31.2 Å². The molecule has 23 heavy (non-hydrogen) atoms. The van der Waals surface area contributed by atoms with Crippen LogP contribution < -0.4 is 5.32 Å². The molecule has 0 aromatic carbocycles. The molecule has 2 atom stereocenters. The lowest BCUT2D eigenvalue weighted by Gasteiger charge is -2.37. The number of morpholine rings is 1. The van der Waals surface area contributed by atoms with Gasteiger partial charge in [-0.3, -0.25) is 9.89 Å². The Balaban J connectivity index is 1.66. The highest BCUT2D eigenvalue weighted by Crippen LogP contribution is 2.26. The Morgan fingerprint density at radius 3 is 2.91 bits per heavy atom. The van der Waals surface area contributed by atoms with E-state index in [1.54, 1.807) is 0 Å². The first-order valence-corrected chi connectivity index (χ1v) is 9.50. The van der Waals surface area contributed by atoms with Crippen molar-refractivity contribution in [3.05, 3.63) is 22.4 Å². The molecule has 1 aromatic rings. The maximum atomic E-state index is 5.71. The van der Waals surface area contributed by atoms with E-state index < -0.39 is 0 Å². The van der Waals surface area contributed by atoms with Gasteiger partial charge in [0, 0.05) is 44.6 Å². The molecule has 128 valence electrons. The van der Waals surface area contributed by atoms with Gasteiger partial charge in [-0.25, -0.2) is 0 Å². The zero-order valence-corrected chi connectivity index (χ0v) is 15.0. The Kier molecular flexibility index (Phi) is 5.91.